The van der Waals surface area contributed by atoms with Crippen molar-refractivity contribution in [3.63, 3.8) is 0 Å². The SMILES string of the molecule is COc1cc2c(cc1OC)CN(CC1CCCN(S(=O)(=O)c3ccc(C)cc3)C1)CC2. The van der Waals surface area contributed by atoms with Crippen molar-refractivity contribution in [2.75, 3.05) is 40.4 Å². The average Bonchev–Trinajstić information content (AvgIpc) is 2.78. The summed E-state index contributed by atoms with van der Waals surface area (Å²) in [5.41, 5.74) is 3.64. The van der Waals surface area contributed by atoms with Gasteiger partial charge in [0.05, 0.1) is 19.1 Å². The first-order valence-electron chi connectivity index (χ1n) is 10.9. The first-order valence-corrected chi connectivity index (χ1v) is 12.4. The Labute approximate surface area is 185 Å². The van der Waals surface area contributed by atoms with Gasteiger partial charge in [-0.05, 0) is 67.5 Å². The zero-order valence-electron chi connectivity index (χ0n) is 18.6. The molecule has 2 heterocycles. The molecule has 168 valence electrons. The van der Waals surface area contributed by atoms with Crippen molar-refractivity contribution in [3.8, 4) is 11.5 Å². The number of sulfonamides is 1. The predicted molar refractivity (Wildman–Crippen MR) is 121 cm³/mol. The highest BCUT2D eigenvalue weighted by atomic mass is 32.2. The maximum atomic E-state index is 13.1. The molecule has 0 N–H and O–H groups in total. The largest absolute Gasteiger partial charge is 0.493 e. The lowest BCUT2D eigenvalue weighted by Gasteiger charge is -2.37. The Balaban J connectivity index is 1.43. The maximum Gasteiger partial charge on any atom is 0.243 e. The van der Waals surface area contributed by atoms with Crippen LogP contribution in [0, 0.1) is 12.8 Å². The van der Waals surface area contributed by atoms with Crippen LogP contribution >= 0.6 is 0 Å². The molecule has 0 spiro atoms. The Morgan fingerprint density at radius 3 is 2.35 bits per heavy atom. The van der Waals surface area contributed by atoms with Gasteiger partial charge in [0.25, 0.3) is 0 Å². The van der Waals surface area contributed by atoms with Gasteiger partial charge < -0.3 is 9.47 Å². The number of nitrogens with zero attached hydrogens (tertiary/aromatic N) is 2. The molecule has 2 aliphatic heterocycles. The van der Waals surface area contributed by atoms with Crippen LogP contribution in [0.4, 0.5) is 0 Å². The van der Waals surface area contributed by atoms with E-state index in [0.717, 1.165) is 56.0 Å². The van der Waals surface area contributed by atoms with Crippen molar-refractivity contribution in [2.45, 2.75) is 37.6 Å². The van der Waals surface area contributed by atoms with E-state index in [9.17, 15) is 8.42 Å². The molecule has 31 heavy (non-hydrogen) atoms. The molecule has 0 saturated carbocycles. The first kappa shape index (κ1) is 22.1. The third kappa shape index (κ3) is 4.73. The van der Waals surface area contributed by atoms with Crippen LogP contribution in [-0.4, -0.2) is 58.0 Å². The van der Waals surface area contributed by atoms with Gasteiger partial charge in [0.2, 0.25) is 10.0 Å². The van der Waals surface area contributed by atoms with Crippen molar-refractivity contribution in [1.82, 2.24) is 9.21 Å². The zero-order valence-corrected chi connectivity index (χ0v) is 19.5. The van der Waals surface area contributed by atoms with Crippen LogP contribution in [0.25, 0.3) is 0 Å². The Morgan fingerprint density at radius 2 is 1.68 bits per heavy atom. The number of rotatable bonds is 6. The van der Waals surface area contributed by atoms with E-state index < -0.39 is 10.0 Å². The van der Waals surface area contributed by atoms with Crippen LogP contribution in [-0.2, 0) is 23.0 Å². The lowest BCUT2D eigenvalue weighted by Crippen LogP contribution is -2.44. The summed E-state index contributed by atoms with van der Waals surface area (Å²) in [4.78, 5) is 2.84. The fraction of sp³-hybridized carbons (Fsp3) is 0.500. The number of ether oxygens (including phenoxy) is 2. The minimum atomic E-state index is -3.43. The van der Waals surface area contributed by atoms with E-state index >= 15 is 0 Å². The molecule has 2 aromatic rings. The van der Waals surface area contributed by atoms with E-state index in [0.29, 0.717) is 23.9 Å². The number of hydrogen-bond donors (Lipinski definition) is 0. The van der Waals surface area contributed by atoms with Crippen molar-refractivity contribution in [2.24, 2.45) is 5.92 Å². The third-order valence-corrected chi connectivity index (χ3v) is 8.33. The van der Waals surface area contributed by atoms with E-state index in [1.807, 2.05) is 19.1 Å². The van der Waals surface area contributed by atoms with E-state index in [1.165, 1.54) is 11.1 Å². The van der Waals surface area contributed by atoms with Crippen molar-refractivity contribution in [1.29, 1.82) is 0 Å². The van der Waals surface area contributed by atoms with Gasteiger partial charge in [-0.2, -0.15) is 4.31 Å². The molecular weight excluding hydrogens is 412 g/mol. The summed E-state index contributed by atoms with van der Waals surface area (Å²) in [5.74, 6) is 1.88. The fourth-order valence-electron chi connectivity index (χ4n) is 4.72. The van der Waals surface area contributed by atoms with Gasteiger partial charge in [-0.15, -0.1) is 0 Å². The Bertz CT molecular complexity index is 1020. The average molecular weight is 445 g/mol. The van der Waals surface area contributed by atoms with Crippen molar-refractivity contribution < 1.29 is 17.9 Å². The number of fused-ring (bicyclic) bond motifs is 1. The molecule has 6 nitrogen and oxygen atoms in total. The zero-order chi connectivity index (χ0) is 22.0. The highest BCUT2D eigenvalue weighted by Crippen LogP contribution is 2.34. The lowest BCUT2D eigenvalue weighted by molar-refractivity contribution is 0.167. The molecule has 0 aromatic heterocycles. The van der Waals surface area contributed by atoms with E-state index in [-0.39, 0.29) is 0 Å². The number of methoxy groups -OCH3 is 2. The standard InChI is InChI=1S/C24H32N2O4S/c1-18-6-8-22(9-7-18)31(27,28)26-11-4-5-19(16-26)15-25-12-10-20-13-23(29-2)24(30-3)14-21(20)17-25/h6-9,13-14,19H,4-5,10-12,15-17H2,1-3H3. The van der Waals surface area contributed by atoms with Gasteiger partial charge in [0, 0.05) is 32.7 Å². The number of hydrogen-bond acceptors (Lipinski definition) is 5. The third-order valence-electron chi connectivity index (χ3n) is 6.45. The van der Waals surface area contributed by atoms with Crippen LogP contribution in [0.3, 0.4) is 0 Å². The number of piperidine rings is 1. The minimum Gasteiger partial charge on any atom is -0.493 e. The Hall–Kier alpha value is -2.09. The smallest absolute Gasteiger partial charge is 0.243 e. The topological polar surface area (TPSA) is 59.1 Å². The highest BCUT2D eigenvalue weighted by Gasteiger charge is 2.31. The molecule has 2 aliphatic rings. The second kappa shape index (κ2) is 9.18. The predicted octanol–water partition coefficient (Wildman–Crippen LogP) is 3.47. The first-order chi connectivity index (χ1) is 14.9. The van der Waals surface area contributed by atoms with Crippen LogP contribution in [0.5, 0.6) is 11.5 Å². The van der Waals surface area contributed by atoms with Crippen molar-refractivity contribution in [3.05, 3.63) is 53.1 Å². The monoisotopic (exact) mass is 444 g/mol. The maximum absolute atomic E-state index is 13.1. The summed E-state index contributed by atoms with van der Waals surface area (Å²) in [5, 5.41) is 0. The van der Waals surface area contributed by atoms with Crippen LogP contribution < -0.4 is 9.47 Å². The summed E-state index contributed by atoms with van der Waals surface area (Å²) in [6.45, 7) is 5.90. The van der Waals surface area contributed by atoms with Crippen LogP contribution in [0.15, 0.2) is 41.3 Å². The molecule has 1 unspecified atom stereocenters. The molecular formula is C24H32N2O4S. The molecule has 0 amide bonds. The molecule has 0 bridgehead atoms. The summed E-state index contributed by atoms with van der Waals surface area (Å²) < 4.78 is 38.8. The summed E-state index contributed by atoms with van der Waals surface area (Å²) in [6, 6.07) is 11.3. The second-order valence-corrected chi connectivity index (χ2v) is 10.6. The highest BCUT2D eigenvalue weighted by molar-refractivity contribution is 7.89. The van der Waals surface area contributed by atoms with E-state index in [2.05, 4.69) is 17.0 Å². The van der Waals surface area contributed by atoms with Gasteiger partial charge in [0.1, 0.15) is 0 Å². The Kier molecular flexibility index (Phi) is 6.55. The van der Waals surface area contributed by atoms with Gasteiger partial charge in [-0.3, -0.25) is 4.90 Å². The summed E-state index contributed by atoms with van der Waals surface area (Å²) in [7, 11) is -0.105. The summed E-state index contributed by atoms with van der Waals surface area (Å²) in [6.07, 6.45) is 2.94. The lowest BCUT2D eigenvalue weighted by atomic mass is 9.95. The molecule has 1 atom stereocenters. The molecule has 0 aliphatic carbocycles. The van der Waals surface area contributed by atoms with Gasteiger partial charge >= 0.3 is 0 Å². The van der Waals surface area contributed by atoms with Gasteiger partial charge in [0.15, 0.2) is 11.5 Å². The van der Waals surface area contributed by atoms with E-state index in [4.69, 9.17) is 9.47 Å². The molecule has 0 radical (unpaired) electrons. The van der Waals surface area contributed by atoms with Gasteiger partial charge in [-0.25, -0.2) is 8.42 Å². The van der Waals surface area contributed by atoms with Gasteiger partial charge in [-0.1, -0.05) is 17.7 Å². The fourth-order valence-corrected chi connectivity index (χ4v) is 6.27. The molecule has 4 rings (SSSR count). The number of benzene rings is 2. The Morgan fingerprint density at radius 1 is 1.00 bits per heavy atom. The molecule has 2 aromatic carbocycles. The minimum absolute atomic E-state index is 0.343. The molecule has 1 saturated heterocycles. The normalized spacial score (nSPS) is 20.3. The second-order valence-electron chi connectivity index (χ2n) is 8.65. The van der Waals surface area contributed by atoms with E-state index in [1.54, 1.807) is 30.7 Å². The number of aryl methyl sites for hydroxylation is 1. The van der Waals surface area contributed by atoms with Crippen LogP contribution in [0.2, 0.25) is 0 Å². The van der Waals surface area contributed by atoms with Crippen LogP contribution in [0.1, 0.15) is 29.5 Å². The van der Waals surface area contributed by atoms with Crippen molar-refractivity contribution >= 4 is 10.0 Å². The molecule has 1 fully saturated rings. The quantitative estimate of drug-likeness (QED) is 0.683. The summed E-state index contributed by atoms with van der Waals surface area (Å²) >= 11 is 0. The molecule has 7 heteroatoms.